The Hall–Kier alpha value is -1.62. The third-order valence-electron chi connectivity index (χ3n) is 3.24. The molecule has 0 saturated carbocycles. The van der Waals surface area contributed by atoms with Gasteiger partial charge < -0.3 is 0 Å². The van der Waals surface area contributed by atoms with Crippen LogP contribution in [0.15, 0.2) is 24.3 Å². The van der Waals surface area contributed by atoms with E-state index in [9.17, 15) is 4.79 Å². The second-order valence-electron chi connectivity index (χ2n) is 5.09. The number of ketones is 1. The molecule has 0 aromatic heterocycles. The molecule has 22 heavy (non-hydrogen) atoms. The Balaban J connectivity index is 0. The average Bonchev–Trinajstić information content (AvgIpc) is 2.57. The highest BCUT2D eigenvalue weighted by molar-refractivity contribution is 5.95. The van der Waals surface area contributed by atoms with Gasteiger partial charge in [-0.2, -0.15) is 5.26 Å². The van der Waals surface area contributed by atoms with Gasteiger partial charge in [0, 0.05) is 11.5 Å². The summed E-state index contributed by atoms with van der Waals surface area (Å²) in [6.07, 6.45) is 5.73. The Morgan fingerprint density at radius 1 is 1.18 bits per heavy atom. The van der Waals surface area contributed by atoms with Crippen molar-refractivity contribution < 1.29 is 4.79 Å². The molecule has 0 spiro atoms. The number of rotatable bonds is 6. The molecule has 1 rings (SSSR count). The van der Waals surface area contributed by atoms with E-state index in [1.54, 1.807) is 6.92 Å². The van der Waals surface area contributed by atoms with Crippen LogP contribution in [0.1, 0.15) is 83.1 Å². The molecule has 0 radical (unpaired) electrons. The zero-order valence-electron chi connectivity index (χ0n) is 15.3. The molecule has 2 heteroatoms. The third-order valence-corrected chi connectivity index (χ3v) is 3.24. The van der Waals surface area contributed by atoms with Crippen LogP contribution in [0.2, 0.25) is 0 Å². The maximum Gasteiger partial charge on any atom is 0.160 e. The smallest absolute Gasteiger partial charge is 0.160 e. The van der Waals surface area contributed by atoms with E-state index < -0.39 is 0 Å². The van der Waals surface area contributed by atoms with Crippen molar-refractivity contribution in [1.82, 2.24) is 0 Å². The summed E-state index contributed by atoms with van der Waals surface area (Å²) < 4.78 is 0. The van der Waals surface area contributed by atoms with Gasteiger partial charge in [0.25, 0.3) is 0 Å². The Kier molecular flexibility index (Phi) is 16.2. The quantitative estimate of drug-likeness (QED) is 0.463. The van der Waals surface area contributed by atoms with Crippen LogP contribution in [0.3, 0.4) is 0 Å². The molecule has 0 saturated heterocycles. The number of carbonyl (C=O) groups excluding carboxylic acids is 1. The third kappa shape index (κ3) is 11.1. The first-order chi connectivity index (χ1) is 10.6. The van der Waals surface area contributed by atoms with E-state index in [2.05, 4.69) is 19.9 Å². The van der Waals surface area contributed by atoms with Crippen molar-refractivity contribution in [3.05, 3.63) is 35.4 Å². The van der Waals surface area contributed by atoms with Crippen molar-refractivity contribution in [2.24, 2.45) is 5.92 Å². The first kappa shape index (κ1) is 22.7. The first-order valence-corrected chi connectivity index (χ1v) is 8.55. The Morgan fingerprint density at radius 3 is 2.18 bits per heavy atom. The number of aryl methyl sites for hydroxylation is 1. The van der Waals surface area contributed by atoms with E-state index in [0.29, 0.717) is 0 Å². The predicted octanol–water partition coefficient (Wildman–Crippen LogP) is 6.20. The lowest BCUT2D eigenvalue weighted by atomic mass is 10.0. The standard InChI is InChI=1S/C10H12O.C8H15N.C2H6/c1-3-9-6-4-5-7-10(9)8(2)11;1-3-4-5-6-8(2)7-9;1-2/h4-7H,3H2,1-2H3;8H,3-6H2,1-2H3;1-2H3. The van der Waals surface area contributed by atoms with Crippen LogP contribution in [0.5, 0.6) is 0 Å². The molecule has 0 heterocycles. The number of benzene rings is 1. The van der Waals surface area contributed by atoms with E-state index >= 15 is 0 Å². The molecule has 0 aliphatic rings. The summed E-state index contributed by atoms with van der Waals surface area (Å²) in [6.45, 7) is 11.8. The fraction of sp³-hybridized carbons (Fsp3) is 0.600. The molecule has 0 amide bonds. The van der Waals surface area contributed by atoms with Crippen molar-refractivity contribution in [2.75, 3.05) is 0 Å². The highest BCUT2D eigenvalue weighted by Crippen LogP contribution is 2.09. The molecule has 2 nitrogen and oxygen atoms in total. The summed E-state index contributed by atoms with van der Waals surface area (Å²) in [5.41, 5.74) is 2.00. The van der Waals surface area contributed by atoms with Crippen LogP contribution in [-0.4, -0.2) is 5.78 Å². The number of carbonyl (C=O) groups is 1. The van der Waals surface area contributed by atoms with Crippen molar-refractivity contribution in [3.63, 3.8) is 0 Å². The van der Waals surface area contributed by atoms with Crippen LogP contribution < -0.4 is 0 Å². The number of unbranched alkanes of at least 4 members (excludes halogenated alkanes) is 2. The fourth-order valence-electron chi connectivity index (χ4n) is 1.94. The molecule has 0 aliphatic heterocycles. The van der Waals surface area contributed by atoms with Crippen molar-refractivity contribution in [2.45, 2.75) is 73.6 Å². The summed E-state index contributed by atoms with van der Waals surface area (Å²) in [5.74, 6) is 0.416. The number of nitrogens with zero attached hydrogens (tertiary/aromatic N) is 1. The summed E-state index contributed by atoms with van der Waals surface area (Å²) in [4.78, 5) is 11.0. The summed E-state index contributed by atoms with van der Waals surface area (Å²) in [7, 11) is 0. The molecule has 0 bridgehead atoms. The molecule has 1 atom stereocenters. The van der Waals surface area contributed by atoms with Gasteiger partial charge in [-0.1, -0.05) is 71.2 Å². The van der Waals surface area contributed by atoms with Crippen molar-refractivity contribution in [1.29, 1.82) is 5.26 Å². The van der Waals surface area contributed by atoms with E-state index in [4.69, 9.17) is 5.26 Å². The van der Waals surface area contributed by atoms with Gasteiger partial charge in [-0.25, -0.2) is 0 Å². The lowest BCUT2D eigenvalue weighted by Crippen LogP contribution is -1.97. The number of hydrogen-bond acceptors (Lipinski definition) is 2. The van der Waals surface area contributed by atoms with E-state index in [1.165, 1.54) is 19.3 Å². The minimum atomic E-state index is 0.155. The molecule has 0 aliphatic carbocycles. The normalized spacial score (nSPS) is 10.2. The molecule has 1 unspecified atom stereocenters. The van der Waals surface area contributed by atoms with Gasteiger partial charge in [-0.05, 0) is 32.3 Å². The Morgan fingerprint density at radius 2 is 1.77 bits per heavy atom. The molecule has 124 valence electrons. The highest BCUT2D eigenvalue weighted by Gasteiger charge is 2.02. The Bertz CT molecular complexity index is 432. The van der Waals surface area contributed by atoms with E-state index in [-0.39, 0.29) is 11.7 Å². The SMILES string of the molecule is CC.CCCCCC(C)C#N.CCc1ccccc1C(C)=O. The zero-order chi connectivity index (χ0) is 17.4. The number of hydrogen-bond donors (Lipinski definition) is 0. The fourth-order valence-corrected chi connectivity index (χ4v) is 1.94. The van der Waals surface area contributed by atoms with Gasteiger partial charge in [0.15, 0.2) is 5.78 Å². The molecular formula is C20H33NO. The summed E-state index contributed by atoms with van der Waals surface area (Å²) in [5, 5.41) is 8.38. The molecule has 0 N–H and O–H groups in total. The molecule has 0 fully saturated rings. The van der Waals surface area contributed by atoms with Crippen LogP contribution >= 0.6 is 0 Å². The maximum atomic E-state index is 11.0. The van der Waals surface area contributed by atoms with Crippen LogP contribution in [-0.2, 0) is 6.42 Å². The monoisotopic (exact) mass is 303 g/mol. The minimum absolute atomic E-state index is 0.155. The predicted molar refractivity (Wildman–Crippen MR) is 96.1 cm³/mol. The lowest BCUT2D eigenvalue weighted by molar-refractivity contribution is 0.101. The largest absolute Gasteiger partial charge is 0.295 e. The van der Waals surface area contributed by atoms with Gasteiger partial charge in [-0.15, -0.1) is 0 Å². The minimum Gasteiger partial charge on any atom is -0.295 e. The first-order valence-electron chi connectivity index (χ1n) is 8.55. The van der Waals surface area contributed by atoms with Crippen LogP contribution in [0.4, 0.5) is 0 Å². The number of Topliss-reactive ketones (excluding diaryl/α,β-unsaturated/α-hetero) is 1. The summed E-state index contributed by atoms with van der Waals surface area (Å²) in [6, 6.07) is 9.96. The maximum absolute atomic E-state index is 11.0. The Labute approximate surface area is 137 Å². The van der Waals surface area contributed by atoms with Gasteiger partial charge in [0.2, 0.25) is 0 Å². The zero-order valence-corrected chi connectivity index (χ0v) is 15.3. The van der Waals surface area contributed by atoms with Gasteiger partial charge in [-0.3, -0.25) is 4.79 Å². The lowest BCUT2D eigenvalue weighted by Gasteiger charge is -2.01. The molecule has 1 aromatic carbocycles. The molecular weight excluding hydrogens is 270 g/mol. The van der Waals surface area contributed by atoms with Gasteiger partial charge >= 0.3 is 0 Å². The topological polar surface area (TPSA) is 40.9 Å². The van der Waals surface area contributed by atoms with Crippen molar-refractivity contribution >= 4 is 5.78 Å². The van der Waals surface area contributed by atoms with Gasteiger partial charge in [0.05, 0.1) is 6.07 Å². The van der Waals surface area contributed by atoms with E-state index in [1.807, 2.05) is 45.0 Å². The second-order valence-corrected chi connectivity index (χ2v) is 5.09. The van der Waals surface area contributed by atoms with Crippen LogP contribution in [0.25, 0.3) is 0 Å². The summed E-state index contributed by atoms with van der Waals surface area (Å²) >= 11 is 0. The van der Waals surface area contributed by atoms with Gasteiger partial charge in [0.1, 0.15) is 0 Å². The average molecular weight is 303 g/mol. The number of nitriles is 1. The second kappa shape index (κ2) is 15.8. The molecule has 1 aromatic rings. The van der Waals surface area contributed by atoms with Crippen molar-refractivity contribution in [3.8, 4) is 6.07 Å². The van der Waals surface area contributed by atoms with Crippen LogP contribution in [0, 0.1) is 17.2 Å². The van der Waals surface area contributed by atoms with E-state index in [0.717, 1.165) is 24.0 Å². The highest BCUT2D eigenvalue weighted by atomic mass is 16.1.